The smallest absolute Gasteiger partial charge is 0.263 e. The highest BCUT2D eigenvalue weighted by Crippen LogP contribution is 2.23. The van der Waals surface area contributed by atoms with Crippen LogP contribution in [0.25, 0.3) is 22.5 Å². The Morgan fingerprint density at radius 2 is 1.37 bits per heavy atom. The number of hydrogen-bond acceptors (Lipinski definition) is 6. The predicted molar refractivity (Wildman–Crippen MR) is 139 cm³/mol. The van der Waals surface area contributed by atoms with Gasteiger partial charge in [0.2, 0.25) is 11.9 Å². The number of carbonyl (C=O) groups is 2. The molecule has 5 heterocycles. The number of benzene rings is 1. The number of rotatable bonds is 4. The van der Waals surface area contributed by atoms with Crippen molar-refractivity contribution in [2.75, 3.05) is 0 Å². The Balaban J connectivity index is 0.000000243. The first-order valence-electron chi connectivity index (χ1n) is 10.7. The molecule has 0 fully saturated rings. The Morgan fingerprint density at radius 3 is 1.89 bits per heavy atom. The number of aromatic nitrogens is 6. The molecule has 0 saturated heterocycles. The van der Waals surface area contributed by atoms with Crippen molar-refractivity contribution in [1.29, 1.82) is 0 Å². The quantitative estimate of drug-likeness (QED) is 0.251. The summed E-state index contributed by atoms with van der Waals surface area (Å²) in [6.07, 6.45) is 9.27. The van der Waals surface area contributed by atoms with Crippen molar-refractivity contribution in [2.24, 2.45) is 0 Å². The molecular weight excluding hydrogens is 539 g/mol. The number of hydrogen-bond donors (Lipinski definition) is 1. The van der Waals surface area contributed by atoms with Gasteiger partial charge >= 0.3 is 0 Å². The predicted octanol–water partition coefficient (Wildman–Crippen LogP) is 4.79. The lowest BCUT2D eigenvalue weighted by Gasteiger charge is -2.13. The van der Waals surface area contributed by atoms with Crippen molar-refractivity contribution in [3.63, 3.8) is 0 Å². The third-order valence-corrected chi connectivity index (χ3v) is 5.38. The topological polar surface area (TPSA) is 110 Å². The fourth-order valence-corrected chi connectivity index (χ4v) is 3.59. The maximum atomic E-state index is 12.9. The third kappa shape index (κ3) is 5.90. The van der Waals surface area contributed by atoms with Crippen molar-refractivity contribution in [3.8, 4) is 22.5 Å². The fourth-order valence-electron chi connectivity index (χ4n) is 3.59. The van der Waals surface area contributed by atoms with E-state index in [4.69, 9.17) is 0 Å². The number of fused-ring (bicyclic) bond motifs is 1. The van der Waals surface area contributed by atoms with Crippen LogP contribution in [0.15, 0.2) is 86.0 Å². The number of nitrogens with one attached hydrogen (secondary N) is 1. The second-order valence-electron chi connectivity index (χ2n) is 7.70. The molecule has 0 atom stereocenters. The lowest BCUT2D eigenvalue weighted by atomic mass is 10.1. The molecule has 0 aliphatic carbocycles. The number of aromatic amines is 1. The van der Waals surface area contributed by atoms with Gasteiger partial charge < -0.3 is 9.55 Å². The van der Waals surface area contributed by atoms with Gasteiger partial charge in [-0.05, 0) is 36.4 Å². The Hall–Kier alpha value is -4.48. The first-order valence-corrected chi connectivity index (χ1v) is 10.7. The van der Waals surface area contributed by atoms with Crippen molar-refractivity contribution in [2.45, 2.75) is 6.67 Å². The molecule has 9 nitrogen and oxygen atoms in total. The molecule has 1 aromatic carbocycles. The second-order valence-corrected chi connectivity index (χ2v) is 7.70. The van der Waals surface area contributed by atoms with Crippen LogP contribution in [0, 0.1) is 11.9 Å². The summed E-state index contributed by atoms with van der Waals surface area (Å²) >= 11 is 0. The van der Waals surface area contributed by atoms with Crippen LogP contribution >= 0.6 is 24.8 Å². The van der Waals surface area contributed by atoms with Gasteiger partial charge in [-0.1, -0.05) is 12.1 Å². The van der Waals surface area contributed by atoms with Gasteiger partial charge in [-0.25, -0.2) is 19.9 Å². The molecule has 0 saturated carbocycles. The fraction of sp³-hybridized carbons (Fsp3) is 0.0400. The zero-order chi connectivity index (χ0) is 25.1. The van der Waals surface area contributed by atoms with E-state index >= 15 is 0 Å². The lowest BCUT2D eigenvalue weighted by Crippen LogP contribution is -2.31. The number of amides is 2. The van der Waals surface area contributed by atoms with Gasteiger partial charge in [0.15, 0.2) is 0 Å². The van der Waals surface area contributed by atoms with Crippen molar-refractivity contribution < 1.29 is 18.4 Å². The molecule has 5 aromatic rings. The summed E-state index contributed by atoms with van der Waals surface area (Å²) in [5.74, 6) is -1.69. The third-order valence-electron chi connectivity index (χ3n) is 5.38. The number of imidazole rings is 2. The highest BCUT2D eigenvalue weighted by Gasteiger charge is 2.35. The molecule has 194 valence electrons. The number of halogens is 4. The normalized spacial score (nSPS) is 11.7. The van der Waals surface area contributed by atoms with Crippen LogP contribution in [0.3, 0.4) is 0 Å². The van der Waals surface area contributed by atoms with Crippen molar-refractivity contribution >= 4 is 36.6 Å². The van der Waals surface area contributed by atoms with Crippen LogP contribution in [0.4, 0.5) is 8.78 Å². The van der Waals surface area contributed by atoms with Crippen LogP contribution in [0.5, 0.6) is 0 Å². The van der Waals surface area contributed by atoms with Gasteiger partial charge in [-0.15, -0.1) is 24.8 Å². The van der Waals surface area contributed by atoms with E-state index in [1.54, 1.807) is 59.7 Å². The standard InChI is InChI=1S/C17H11FN4O2.C8H6FN3.2ClH/c18-15-6-5-11(7-19-15)14-8-21(9-20-14)10-22-16(23)12-3-1-2-4-13(12)17(22)24;9-8-2-1-6(3-11-8)7-4-10-5-12-7;;/h1-9H,10H2;1-5H,(H,10,12);2*1H. The molecular formula is C25H19Cl2F2N7O2. The van der Waals surface area contributed by atoms with E-state index in [-0.39, 0.29) is 43.3 Å². The van der Waals surface area contributed by atoms with Crippen LogP contribution in [0.1, 0.15) is 20.7 Å². The lowest BCUT2D eigenvalue weighted by molar-refractivity contribution is 0.0606. The molecule has 2 amide bonds. The average molecular weight is 558 g/mol. The van der Waals surface area contributed by atoms with Crippen molar-refractivity contribution in [3.05, 3.63) is 109 Å². The molecule has 1 aliphatic rings. The Kier molecular flexibility index (Phi) is 9.00. The van der Waals surface area contributed by atoms with Gasteiger partial charge in [0, 0.05) is 29.7 Å². The largest absolute Gasteiger partial charge is 0.345 e. The highest BCUT2D eigenvalue weighted by atomic mass is 35.5. The molecule has 1 N–H and O–H groups in total. The van der Waals surface area contributed by atoms with Crippen LogP contribution < -0.4 is 0 Å². The van der Waals surface area contributed by atoms with Gasteiger partial charge in [0.1, 0.15) is 6.67 Å². The summed E-state index contributed by atoms with van der Waals surface area (Å²) in [7, 11) is 0. The van der Waals surface area contributed by atoms with E-state index < -0.39 is 11.9 Å². The van der Waals surface area contributed by atoms with E-state index in [0.717, 1.165) is 11.3 Å². The van der Waals surface area contributed by atoms with Crippen LogP contribution in [-0.4, -0.2) is 46.2 Å². The number of imide groups is 1. The van der Waals surface area contributed by atoms with Gasteiger partial charge in [-0.3, -0.25) is 14.5 Å². The second kappa shape index (κ2) is 12.2. The minimum Gasteiger partial charge on any atom is -0.345 e. The minimum absolute atomic E-state index is 0. The molecule has 6 rings (SSSR count). The Bertz CT molecular complexity index is 1490. The summed E-state index contributed by atoms with van der Waals surface area (Å²) in [4.78, 5) is 43.9. The number of carbonyl (C=O) groups excluding carboxylic acids is 2. The van der Waals surface area contributed by atoms with Crippen LogP contribution in [-0.2, 0) is 6.67 Å². The van der Waals surface area contributed by atoms with E-state index in [0.29, 0.717) is 22.4 Å². The zero-order valence-corrected chi connectivity index (χ0v) is 21.0. The maximum Gasteiger partial charge on any atom is 0.263 e. The van der Waals surface area contributed by atoms with Gasteiger partial charge in [0.05, 0.1) is 41.4 Å². The number of pyridine rings is 2. The van der Waals surface area contributed by atoms with Crippen molar-refractivity contribution in [1.82, 2.24) is 34.4 Å². The van der Waals surface area contributed by atoms with E-state index in [1.807, 2.05) is 0 Å². The number of H-pyrrole nitrogens is 1. The molecule has 4 aromatic heterocycles. The van der Waals surface area contributed by atoms with Gasteiger partial charge in [0.25, 0.3) is 11.8 Å². The van der Waals surface area contributed by atoms with Crippen LogP contribution in [0.2, 0.25) is 0 Å². The molecule has 0 spiro atoms. The summed E-state index contributed by atoms with van der Waals surface area (Å²) in [6, 6.07) is 12.5. The molecule has 0 bridgehead atoms. The summed E-state index contributed by atoms with van der Waals surface area (Å²) in [5.41, 5.74) is 3.71. The maximum absolute atomic E-state index is 12.9. The molecule has 0 unspecified atom stereocenters. The summed E-state index contributed by atoms with van der Waals surface area (Å²) < 4.78 is 26.9. The van der Waals surface area contributed by atoms with E-state index in [2.05, 4.69) is 24.9 Å². The molecule has 13 heteroatoms. The first kappa shape index (κ1) is 28.1. The zero-order valence-electron chi connectivity index (χ0n) is 19.4. The molecule has 38 heavy (non-hydrogen) atoms. The van der Waals surface area contributed by atoms with E-state index in [1.165, 1.54) is 35.8 Å². The highest BCUT2D eigenvalue weighted by molar-refractivity contribution is 6.21. The average Bonchev–Trinajstić information content (AvgIpc) is 3.65. The molecule has 1 aliphatic heterocycles. The van der Waals surface area contributed by atoms with E-state index in [9.17, 15) is 18.4 Å². The van der Waals surface area contributed by atoms with Gasteiger partial charge in [-0.2, -0.15) is 8.78 Å². The molecule has 0 radical (unpaired) electrons. The Morgan fingerprint density at radius 1 is 0.763 bits per heavy atom. The summed E-state index contributed by atoms with van der Waals surface area (Å²) in [5, 5.41) is 0. The SMILES string of the molecule is Cl.Cl.Fc1ccc(-c2cnc[nH]2)cn1.O=C1c2ccccc2C(=O)N1Cn1cnc(-c2ccc(F)nc2)c1. The minimum atomic E-state index is -0.566. The monoisotopic (exact) mass is 557 g/mol. The number of nitrogens with zero attached hydrogens (tertiary/aromatic N) is 6. The Labute approximate surface area is 227 Å². The summed E-state index contributed by atoms with van der Waals surface area (Å²) in [6.45, 7) is 0.0635. The first-order chi connectivity index (χ1) is 17.5.